The molecule has 0 atom stereocenters. The fraction of sp³-hybridized carbons (Fsp3) is 0.480. The second kappa shape index (κ2) is 10.1. The molecule has 30 heavy (non-hydrogen) atoms. The Labute approximate surface area is 181 Å². The molecule has 0 unspecified atom stereocenters. The highest BCUT2D eigenvalue weighted by atomic mass is 16.5. The van der Waals surface area contributed by atoms with E-state index >= 15 is 0 Å². The molecule has 5 nitrogen and oxygen atoms in total. The van der Waals surface area contributed by atoms with Crippen LogP contribution in [0.1, 0.15) is 37.5 Å². The number of nitrogens with zero attached hydrogens (tertiary/aromatic N) is 2. The molecule has 1 amide bonds. The Balaban J connectivity index is 1.43. The van der Waals surface area contributed by atoms with Gasteiger partial charge in [0.05, 0.1) is 0 Å². The zero-order chi connectivity index (χ0) is 21.6. The number of amides is 1. The van der Waals surface area contributed by atoms with Crippen molar-refractivity contribution in [1.29, 1.82) is 0 Å². The van der Waals surface area contributed by atoms with Gasteiger partial charge >= 0.3 is 0 Å². The normalized spacial score (nSPS) is 15.7. The Morgan fingerprint density at radius 3 is 2.33 bits per heavy atom. The lowest BCUT2D eigenvalue weighted by molar-refractivity contribution is -0.123. The lowest BCUT2D eigenvalue weighted by Crippen LogP contribution is -2.43. The van der Waals surface area contributed by atoms with E-state index in [0.29, 0.717) is 12.3 Å². The van der Waals surface area contributed by atoms with Gasteiger partial charge in [-0.15, -0.1) is 0 Å². The summed E-state index contributed by atoms with van der Waals surface area (Å²) in [6.07, 6.45) is 0. The van der Waals surface area contributed by atoms with Crippen molar-refractivity contribution in [3.8, 4) is 5.75 Å². The molecule has 0 aliphatic carbocycles. The third-order valence-electron chi connectivity index (χ3n) is 5.57. The fourth-order valence-electron chi connectivity index (χ4n) is 3.55. The molecule has 0 spiro atoms. The number of piperazine rings is 1. The minimum absolute atomic E-state index is 0.0237. The van der Waals surface area contributed by atoms with Crippen LogP contribution in [0, 0.1) is 0 Å². The van der Waals surface area contributed by atoms with Crippen molar-refractivity contribution < 1.29 is 9.53 Å². The highest BCUT2D eigenvalue weighted by molar-refractivity contribution is 5.77. The zero-order valence-corrected chi connectivity index (χ0v) is 18.8. The van der Waals surface area contributed by atoms with E-state index in [0.717, 1.165) is 38.3 Å². The van der Waals surface area contributed by atoms with Crippen LogP contribution in [0.2, 0.25) is 0 Å². The minimum atomic E-state index is -0.112. The van der Waals surface area contributed by atoms with Gasteiger partial charge in [0, 0.05) is 39.3 Å². The van der Waals surface area contributed by atoms with Crippen LogP contribution < -0.4 is 10.1 Å². The van der Waals surface area contributed by atoms with Gasteiger partial charge in [0.15, 0.2) is 6.61 Å². The lowest BCUT2D eigenvalue weighted by atomic mass is 9.87. The quantitative estimate of drug-likeness (QED) is 0.761. The van der Waals surface area contributed by atoms with Crippen LogP contribution in [-0.2, 0) is 23.3 Å². The molecular formula is C25H35N3O2. The van der Waals surface area contributed by atoms with Crippen LogP contribution in [0.15, 0.2) is 48.5 Å². The second-order valence-electron chi connectivity index (χ2n) is 9.24. The molecule has 0 radical (unpaired) electrons. The molecule has 162 valence electrons. The largest absolute Gasteiger partial charge is 0.484 e. The Morgan fingerprint density at radius 2 is 1.67 bits per heavy atom. The number of hydrogen-bond donors (Lipinski definition) is 1. The number of nitrogens with one attached hydrogen (secondary N) is 1. The van der Waals surface area contributed by atoms with E-state index in [1.807, 2.05) is 12.1 Å². The van der Waals surface area contributed by atoms with Gasteiger partial charge in [-0.2, -0.15) is 0 Å². The number of carbonyl (C=O) groups is 1. The molecule has 0 aromatic heterocycles. The van der Waals surface area contributed by atoms with Gasteiger partial charge in [-0.05, 0) is 41.3 Å². The van der Waals surface area contributed by atoms with Gasteiger partial charge in [-0.1, -0.05) is 57.2 Å². The fourth-order valence-corrected chi connectivity index (χ4v) is 3.55. The predicted molar refractivity (Wildman–Crippen MR) is 122 cm³/mol. The van der Waals surface area contributed by atoms with Gasteiger partial charge in [-0.3, -0.25) is 9.69 Å². The Morgan fingerprint density at radius 1 is 1.00 bits per heavy atom. The van der Waals surface area contributed by atoms with Gasteiger partial charge in [0.25, 0.3) is 5.91 Å². The van der Waals surface area contributed by atoms with E-state index in [1.54, 1.807) is 0 Å². The molecule has 1 aliphatic heterocycles. The van der Waals surface area contributed by atoms with Crippen LogP contribution in [0.3, 0.4) is 0 Å². The van der Waals surface area contributed by atoms with Crippen molar-refractivity contribution in [3.05, 3.63) is 65.2 Å². The van der Waals surface area contributed by atoms with Crippen LogP contribution in [0.5, 0.6) is 5.75 Å². The number of rotatable bonds is 7. The van der Waals surface area contributed by atoms with Gasteiger partial charge < -0.3 is 15.0 Å². The highest BCUT2D eigenvalue weighted by Crippen LogP contribution is 2.24. The minimum Gasteiger partial charge on any atom is -0.484 e. The molecule has 1 aliphatic rings. The van der Waals surface area contributed by atoms with Crippen molar-refractivity contribution in [1.82, 2.24) is 15.1 Å². The SMILES string of the molecule is CN1CCN(Cc2cccc(CNC(=O)COc3ccc(C(C)(C)C)cc3)c2)CC1. The van der Waals surface area contributed by atoms with Crippen LogP contribution >= 0.6 is 0 Å². The number of benzene rings is 2. The van der Waals surface area contributed by atoms with Crippen LogP contribution in [0.25, 0.3) is 0 Å². The molecule has 1 fully saturated rings. The summed E-state index contributed by atoms with van der Waals surface area (Å²) in [4.78, 5) is 17.0. The van der Waals surface area contributed by atoms with E-state index in [-0.39, 0.29) is 17.9 Å². The first-order valence-electron chi connectivity index (χ1n) is 10.8. The van der Waals surface area contributed by atoms with Crippen LogP contribution in [-0.4, -0.2) is 55.5 Å². The van der Waals surface area contributed by atoms with Crippen molar-refractivity contribution in [3.63, 3.8) is 0 Å². The van der Waals surface area contributed by atoms with Gasteiger partial charge in [0.2, 0.25) is 0 Å². The molecule has 2 aromatic carbocycles. The summed E-state index contributed by atoms with van der Waals surface area (Å²) in [5.74, 6) is 0.603. The number of likely N-dealkylation sites (N-methyl/N-ethyl adjacent to an activating group) is 1. The first-order valence-corrected chi connectivity index (χ1v) is 10.8. The first kappa shape index (κ1) is 22.3. The Bertz CT molecular complexity index is 819. The van der Waals surface area contributed by atoms with E-state index in [4.69, 9.17) is 4.74 Å². The van der Waals surface area contributed by atoms with Crippen molar-refractivity contribution in [2.75, 3.05) is 39.8 Å². The summed E-state index contributed by atoms with van der Waals surface area (Å²) in [7, 11) is 2.17. The summed E-state index contributed by atoms with van der Waals surface area (Å²) in [6, 6.07) is 16.4. The predicted octanol–water partition coefficient (Wildman–Crippen LogP) is 3.43. The smallest absolute Gasteiger partial charge is 0.258 e. The van der Waals surface area contributed by atoms with E-state index in [2.05, 4.69) is 79.3 Å². The number of ether oxygens (including phenoxy) is 1. The average molecular weight is 410 g/mol. The molecule has 0 bridgehead atoms. The third kappa shape index (κ3) is 6.85. The molecule has 3 rings (SSSR count). The van der Waals surface area contributed by atoms with Crippen molar-refractivity contribution in [2.45, 2.75) is 39.3 Å². The first-order chi connectivity index (χ1) is 14.3. The number of hydrogen-bond acceptors (Lipinski definition) is 4. The van der Waals surface area contributed by atoms with Crippen molar-refractivity contribution >= 4 is 5.91 Å². The van der Waals surface area contributed by atoms with Crippen LogP contribution in [0.4, 0.5) is 0 Å². The Hall–Kier alpha value is -2.37. The summed E-state index contributed by atoms with van der Waals surface area (Å²) in [5, 5.41) is 2.96. The average Bonchev–Trinajstić information content (AvgIpc) is 2.72. The Kier molecular flexibility index (Phi) is 7.51. The summed E-state index contributed by atoms with van der Waals surface area (Å²) < 4.78 is 5.63. The van der Waals surface area contributed by atoms with Gasteiger partial charge in [0.1, 0.15) is 5.75 Å². The summed E-state index contributed by atoms with van der Waals surface area (Å²) in [6.45, 7) is 12.5. The van der Waals surface area contributed by atoms with Gasteiger partial charge in [-0.25, -0.2) is 0 Å². The summed E-state index contributed by atoms with van der Waals surface area (Å²) >= 11 is 0. The highest BCUT2D eigenvalue weighted by Gasteiger charge is 2.14. The third-order valence-corrected chi connectivity index (χ3v) is 5.57. The molecule has 0 saturated carbocycles. The molecule has 1 heterocycles. The molecule has 1 saturated heterocycles. The van der Waals surface area contributed by atoms with E-state index < -0.39 is 0 Å². The monoisotopic (exact) mass is 409 g/mol. The molecular weight excluding hydrogens is 374 g/mol. The zero-order valence-electron chi connectivity index (χ0n) is 18.8. The maximum absolute atomic E-state index is 12.2. The van der Waals surface area contributed by atoms with E-state index in [1.165, 1.54) is 11.1 Å². The second-order valence-corrected chi connectivity index (χ2v) is 9.24. The molecule has 5 heteroatoms. The van der Waals surface area contributed by atoms with E-state index in [9.17, 15) is 4.79 Å². The maximum atomic E-state index is 12.2. The topological polar surface area (TPSA) is 44.8 Å². The standard InChI is InChI=1S/C25H35N3O2/c1-25(2,3)22-8-10-23(11-9-22)30-19-24(29)26-17-20-6-5-7-21(16-20)18-28-14-12-27(4)13-15-28/h5-11,16H,12-15,17-19H2,1-4H3,(H,26,29). The number of carbonyl (C=O) groups excluding carboxylic acids is 1. The summed E-state index contributed by atoms with van der Waals surface area (Å²) in [5.41, 5.74) is 3.76. The maximum Gasteiger partial charge on any atom is 0.258 e. The molecule has 1 N–H and O–H groups in total. The lowest BCUT2D eigenvalue weighted by Gasteiger charge is -2.32. The van der Waals surface area contributed by atoms with Crippen molar-refractivity contribution in [2.24, 2.45) is 0 Å². The molecule has 2 aromatic rings.